The van der Waals surface area contributed by atoms with E-state index in [4.69, 9.17) is 0 Å². The summed E-state index contributed by atoms with van der Waals surface area (Å²) in [5.74, 6) is -0.507. The molecule has 0 unspecified atom stereocenters. The van der Waals surface area contributed by atoms with E-state index >= 15 is 0 Å². The summed E-state index contributed by atoms with van der Waals surface area (Å²) in [5, 5.41) is 2.66. The van der Waals surface area contributed by atoms with E-state index in [0.717, 1.165) is 6.26 Å². The van der Waals surface area contributed by atoms with E-state index in [1.54, 1.807) is 49.8 Å². The van der Waals surface area contributed by atoms with Gasteiger partial charge in [0.15, 0.2) is 0 Å². The van der Waals surface area contributed by atoms with Crippen molar-refractivity contribution in [1.29, 1.82) is 0 Å². The number of hydrogen-bond acceptors (Lipinski definition) is 4. The van der Waals surface area contributed by atoms with Gasteiger partial charge >= 0.3 is 0 Å². The Morgan fingerprint density at radius 1 is 1.03 bits per heavy atom. The molecule has 3 rings (SSSR count). The normalized spacial score (nSPS) is 11.3. The minimum absolute atomic E-state index is 0.166. The molecule has 1 aromatic heterocycles. The third-order valence-electron chi connectivity index (χ3n) is 4.59. The number of nitrogens with one attached hydrogen (secondary N) is 2. The number of rotatable bonds is 5. The molecule has 0 aliphatic carbocycles. The number of carbonyl (C=O) groups is 1. The average molecular weight is 414 g/mol. The van der Waals surface area contributed by atoms with Gasteiger partial charge in [-0.2, -0.15) is 0 Å². The molecule has 0 saturated carbocycles. The van der Waals surface area contributed by atoms with Gasteiger partial charge in [-0.15, -0.1) is 0 Å². The Morgan fingerprint density at radius 2 is 1.69 bits per heavy atom. The van der Waals surface area contributed by atoms with E-state index in [1.165, 1.54) is 10.7 Å². The number of benzene rings is 2. The maximum Gasteiger partial charge on any atom is 0.295 e. The van der Waals surface area contributed by atoms with Gasteiger partial charge in [-0.1, -0.05) is 24.3 Å². The molecule has 0 fully saturated rings. The summed E-state index contributed by atoms with van der Waals surface area (Å²) in [4.78, 5) is 25.7. The fourth-order valence-corrected chi connectivity index (χ4v) is 3.59. The van der Waals surface area contributed by atoms with Gasteiger partial charge in [-0.3, -0.25) is 19.0 Å². The highest BCUT2D eigenvalue weighted by atomic mass is 32.2. The van der Waals surface area contributed by atoms with Gasteiger partial charge in [-0.05, 0) is 43.7 Å². The predicted octanol–water partition coefficient (Wildman–Crippen LogP) is 2.42. The van der Waals surface area contributed by atoms with Crippen LogP contribution in [0.5, 0.6) is 0 Å². The quantitative estimate of drug-likeness (QED) is 0.669. The molecule has 0 aliphatic rings. The van der Waals surface area contributed by atoms with Gasteiger partial charge in [0.2, 0.25) is 10.0 Å². The average Bonchev–Trinajstić information content (AvgIpc) is 2.86. The van der Waals surface area contributed by atoms with E-state index in [1.807, 2.05) is 18.2 Å². The third-order valence-corrected chi connectivity index (χ3v) is 5.18. The van der Waals surface area contributed by atoms with Gasteiger partial charge in [0.1, 0.15) is 5.69 Å². The number of anilines is 2. The lowest BCUT2D eigenvalue weighted by Gasteiger charge is -2.10. The third kappa shape index (κ3) is 4.24. The number of aryl methyl sites for hydroxylation is 1. The van der Waals surface area contributed by atoms with Crippen LogP contribution in [-0.4, -0.2) is 29.9 Å². The molecule has 1 heterocycles. The SMILES string of the molecule is Cc1ccc(C(=O)Nc2c(C)n(C)n(-c3ccccc3)c2=O)cc1NS(C)(=O)=O. The minimum Gasteiger partial charge on any atom is -0.316 e. The molecular weight excluding hydrogens is 392 g/mol. The minimum atomic E-state index is -3.49. The zero-order valence-corrected chi connectivity index (χ0v) is 17.4. The van der Waals surface area contributed by atoms with Crippen molar-refractivity contribution in [2.45, 2.75) is 13.8 Å². The molecule has 0 saturated heterocycles. The maximum atomic E-state index is 12.9. The van der Waals surface area contributed by atoms with E-state index in [9.17, 15) is 18.0 Å². The van der Waals surface area contributed by atoms with Crippen LogP contribution in [0.15, 0.2) is 53.3 Å². The highest BCUT2D eigenvalue weighted by molar-refractivity contribution is 7.92. The van der Waals surface area contributed by atoms with E-state index in [0.29, 0.717) is 22.6 Å². The topological polar surface area (TPSA) is 102 Å². The maximum absolute atomic E-state index is 12.9. The Morgan fingerprint density at radius 3 is 2.31 bits per heavy atom. The van der Waals surface area contributed by atoms with Crippen molar-refractivity contribution in [1.82, 2.24) is 9.36 Å². The van der Waals surface area contributed by atoms with Gasteiger partial charge in [0.25, 0.3) is 11.5 Å². The Labute approximate surface area is 168 Å². The number of amides is 1. The van der Waals surface area contributed by atoms with Gasteiger partial charge in [0.05, 0.1) is 23.3 Å². The molecule has 29 heavy (non-hydrogen) atoms. The first-order chi connectivity index (χ1) is 13.6. The highest BCUT2D eigenvalue weighted by Gasteiger charge is 2.19. The van der Waals surface area contributed by atoms with Gasteiger partial charge in [-0.25, -0.2) is 13.1 Å². The summed E-state index contributed by atoms with van der Waals surface area (Å²) in [6.07, 6.45) is 1.04. The zero-order valence-electron chi connectivity index (χ0n) is 16.6. The van der Waals surface area contributed by atoms with Crippen molar-refractivity contribution in [2.75, 3.05) is 16.3 Å². The summed E-state index contributed by atoms with van der Waals surface area (Å²) < 4.78 is 28.6. The number of carbonyl (C=O) groups excluding carboxylic acids is 1. The standard InChI is InChI=1S/C20H22N4O4S/c1-13-10-11-15(12-17(13)22-29(4,27)28)19(25)21-18-14(2)23(3)24(20(18)26)16-8-6-5-7-9-16/h5-12,22H,1-4H3,(H,21,25). The van der Waals surface area contributed by atoms with Crippen molar-refractivity contribution in [3.05, 3.63) is 75.7 Å². The fraction of sp³-hybridized carbons (Fsp3) is 0.200. The van der Waals surface area contributed by atoms with Crippen molar-refractivity contribution in [2.24, 2.45) is 7.05 Å². The van der Waals surface area contributed by atoms with Crippen LogP contribution >= 0.6 is 0 Å². The number of hydrogen-bond donors (Lipinski definition) is 2. The van der Waals surface area contributed by atoms with Crippen LogP contribution in [0.2, 0.25) is 0 Å². The predicted molar refractivity (Wildman–Crippen MR) is 113 cm³/mol. The number of sulfonamides is 1. The van der Waals surface area contributed by atoms with Crippen molar-refractivity contribution < 1.29 is 13.2 Å². The Hall–Kier alpha value is -3.33. The molecule has 152 valence electrons. The molecular formula is C20H22N4O4S. The van der Waals surface area contributed by atoms with E-state index in [-0.39, 0.29) is 16.8 Å². The highest BCUT2D eigenvalue weighted by Crippen LogP contribution is 2.20. The molecule has 0 aliphatic heterocycles. The first kappa shape index (κ1) is 20.4. The van der Waals surface area contributed by atoms with Crippen LogP contribution in [0, 0.1) is 13.8 Å². The number of nitrogens with zero attached hydrogens (tertiary/aromatic N) is 2. The molecule has 0 radical (unpaired) electrons. The lowest BCUT2D eigenvalue weighted by Crippen LogP contribution is -2.23. The van der Waals surface area contributed by atoms with Crippen LogP contribution in [-0.2, 0) is 17.1 Å². The molecule has 9 heteroatoms. The molecule has 1 amide bonds. The summed E-state index contributed by atoms with van der Waals surface area (Å²) in [7, 11) is -1.75. The summed E-state index contributed by atoms with van der Waals surface area (Å²) in [6.45, 7) is 3.47. The molecule has 3 aromatic rings. The molecule has 2 N–H and O–H groups in total. The van der Waals surface area contributed by atoms with E-state index < -0.39 is 15.9 Å². The molecule has 8 nitrogen and oxygen atoms in total. The summed E-state index contributed by atoms with van der Waals surface area (Å²) in [5.41, 5.74) is 2.30. The van der Waals surface area contributed by atoms with Gasteiger partial charge < -0.3 is 5.32 Å². The smallest absolute Gasteiger partial charge is 0.295 e. The number of para-hydroxylation sites is 1. The van der Waals surface area contributed by atoms with Crippen molar-refractivity contribution >= 4 is 27.3 Å². The zero-order chi connectivity index (χ0) is 21.3. The molecule has 0 bridgehead atoms. The molecule has 2 aromatic carbocycles. The molecule has 0 atom stereocenters. The second kappa shape index (κ2) is 7.59. The molecule has 0 spiro atoms. The van der Waals surface area contributed by atoms with Gasteiger partial charge in [0, 0.05) is 12.6 Å². The van der Waals surface area contributed by atoms with Crippen molar-refractivity contribution in [3.63, 3.8) is 0 Å². The second-order valence-corrected chi connectivity index (χ2v) is 8.54. The van der Waals surface area contributed by atoms with Crippen LogP contribution in [0.1, 0.15) is 21.6 Å². The summed E-state index contributed by atoms with van der Waals surface area (Å²) in [6, 6.07) is 13.8. The Bertz CT molecular complexity index is 1240. The largest absolute Gasteiger partial charge is 0.316 e. The van der Waals surface area contributed by atoms with Crippen LogP contribution < -0.4 is 15.6 Å². The van der Waals surface area contributed by atoms with Crippen LogP contribution in [0.3, 0.4) is 0 Å². The van der Waals surface area contributed by atoms with Crippen molar-refractivity contribution in [3.8, 4) is 5.69 Å². The summed E-state index contributed by atoms with van der Waals surface area (Å²) >= 11 is 0. The Balaban J connectivity index is 1.97. The van der Waals surface area contributed by atoms with Crippen LogP contribution in [0.25, 0.3) is 5.69 Å². The second-order valence-electron chi connectivity index (χ2n) is 6.79. The first-order valence-electron chi connectivity index (χ1n) is 8.82. The first-order valence-corrected chi connectivity index (χ1v) is 10.7. The van der Waals surface area contributed by atoms with E-state index in [2.05, 4.69) is 10.0 Å². The lowest BCUT2D eigenvalue weighted by molar-refractivity contribution is 0.102. The monoisotopic (exact) mass is 414 g/mol. The lowest BCUT2D eigenvalue weighted by atomic mass is 10.1. The fourth-order valence-electron chi connectivity index (χ4n) is 2.97. The Kier molecular flexibility index (Phi) is 5.34. The number of aromatic nitrogens is 2. The van der Waals surface area contributed by atoms with Crippen LogP contribution in [0.4, 0.5) is 11.4 Å².